The number of rotatable bonds is 4. The van der Waals surface area contributed by atoms with E-state index < -0.39 is 21.6 Å². The lowest BCUT2D eigenvalue weighted by atomic mass is 10.1. The van der Waals surface area contributed by atoms with Crippen molar-refractivity contribution < 1.29 is 27.9 Å². The number of carbonyl (C=O) groups is 2. The molecule has 1 aliphatic rings. The second-order valence-corrected chi connectivity index (χ2v) is 9.11. The van der Waals surface area contributed by atoms with Crippen molar-refractivity contribution in [3.8, 4) is 0 Å². The normalized spacial score (nSPS) is 15.4. The summed E-state index contributed by atoms with van der Waals surface area (Å²) in [4.78, 5) is 27.2. The molecule has 0 unspecified atom stereocenters. The maximum Gasteiger partial charge on any atom is 0.410 e. The number of benzene rings is 1. The number of ether oxygens (including phenoxy) is 1. The highest BCUT2D eigenvalue weighted by Gasteiger charge is 2.26. The molecule has 2 N–H and O–H groups in total. The van der Waals surface area contributed by atoms with Crippen LogP contribution in [0.25, 0.3) is 0 Å². The maximum absolute atomic E-state index is 12.1. The van der Waals surface area contributed by atoms with Crippen LogP contribution in [0, 0.1) is 0 Å². The minimum absolute atomic E-state index is 0.0149. The molecule has 9 nitrogen and oxygen atoms in total. The zero-order chi connectivity index (χ0) is 20.4. The van der Waals surface area contributed by atoms with E-state index in [4.69, 9.17) is 4.74 Å². The molecular weight excluding hydrogens is 374 g/mol. The molecule has 1 amide bonds. The third-order valence-corrected chi connectivity index (χ3v) is 4.42. The third kappa shape index (κ3) is 6.02. The van der Waals surface area contributed by atoms with E-state index in [1.165, 1.54) is 12.1 Å². The Bertz CT molecular complexity index is 824. The van der Waals surface area contributed by atoms with Crippen LogP contribution in [0.2, 0.25) is 0 Å². The number of amides is 1. The quantitative estimate of drug-likeness (QED) is 0.793. The van der Waals surface area contributed by atoms with Crippen molar-refractivity contribution in [2.75, 3.05) is 42.1 Å². The summed E-state index contributed by atoms with van der Waals surface area (Å²) in [5, 5.41) is 9.39. The zero-order valence-electron chi connectivity index (χ0n) is 15.9. The first-order valence-corrected chi connectivity index (χ1v) is 10.3. The van der Waals surface area contributed by atoms with Gasteiger partial charge in [0.05, 0.1) is 17.5 Å². The van der Waals surface area contributed by atoms with Crippen LogP contribution in [0.4, 0.5) is 16.2 Å². The van der Waals surface area contributed by atoms with Gasteiger partial charge in [-0.15, -0.1) is 0 Å². The lowest BCUT2D eigenvalue weighted by Gasteiger charge is -2.37. The van der Waals surface area contributed by atoms with E-state index in [2.05, 4.69) is 4.72 Å². The molecule has 1 fully saturated rings. The van der Waals surface area contributed by atoms with E-state index in [1.54, 1.807) is 31.7 Å². The molecule has 1 aromatic rings. The SMILES string of the molecule is CC(C)(C)OC(=O)N1CCN(c2ccc(NS(C)(=O)=O)c(C(=O)O)c2)CC1. The Balaban J connectivity index is 2.11. The minimum Gasteiger partial charge on any atom is -0.478 e. The summed E-state index contributed by atoms with van der Waals surface area (Å²) >= 11 is 0. The van der Waals surface area contributed by atoms with Gasteiger partial charge in [-0.1, -0.05) is 0 Å². The van der Waals surface area contributed by atoms with Crippen molar-refractivity contribution in [3.05, 3.63) is 23.8 Å². The maximum atomic E-state index is 12.1. The Labute approximate surface area is 159 Å². The average Bonchev–Trinajstić information content (AvgIpc) is 2.52. The first-order chi connectivity index (χ1) is 12.4. The summed E-state index contributed by atoms with van der Waals surface area (Å²) in [7, 11) is -3.59. The molecule has 10 heteroatoms. The summed E-state index contributed by atoms with van der Waals surface area (Å²) < 4.78 is 30.4. The number of sulfonamides is 1. The highest BCUT2D eigenvalue weighted by Crippen LogP contribution is 2.25. The molecule has 1 aromatic carbocycles. The first-order valence-electron chi connectivity index (χ1n) is 8.44. The summed E-state index contributed by atoms with van der Waals surface area (Å²) in [6.07, 6.45) is 0.587. The molecular formula is C17H25N3O6S. The van der Waals surface area contributed by atoms with Crippen LogP contribution in [0.15, 0.2) is 18.2 Å². The number of aromatic carboxylic acids is 1. The predicted molar refractivity (Wildman–Crippen MR) is 102 cm³/mol. The van der Waals surface area contributed by atoms with Crippen molar-refractivity contribution in [1.29, 1.82) is 0 Å². The van der Waals surface area contributed by atoms with Crippen LogP contribution in [0.1, 0.15) is 31.1 Å². The number of nitrogens with one attached hydrogen (secondary N) is 1. The van der Waals surface area contributed by atoms with Crippen LogP contribution in [-0.4, -0.2) is 68.5 Å². The van der Waals surface area contributed by atoms with Gasteiger partial charge in [-0.25, -0.2) is 18.0 Å². The van der Waals surface area contributed by atoms with E-state index in [0.717, 1.165) is 6.26 Å². The second-order valence-electron chi connectivity index (χ2n) is 7.36. The van der Waals surface area contributed by atoms with E-state index in [1.807, 2.05) is 4.90 Å². The molecule has 150 valence electrons. The van der Waals surface area contributed by atoms with Crippen molar-refractivity contribution in [1.82, 2.24) is 4.90 Å². The molecule has 1 saturated heterocycles. The van der Waals surface area contributed by atoms with Crippen molar-refractivity contribution in [3.63, 3.8) is 0 Å². The number of anilines is 2. The van der Waals surface area contributed by atoms with Gasteiger partial charge < -0.3 is 19.6 Å². The predicted octanol–water partition coefficient (Wildman–Crippen LogP) is 1.81. The van der Waals surface area contributed by atoms with Gasteiger partial charge in [-0.2, -0.15) is 0 Å². The van der Waals surface area contributed by atoms with Gasteiger partial charge in [-0.3, -0.25) is 4.72 Å². The van der Waals surface area contributed by atoms with Crippen molar-refractivity contribution >= 4 is 33.5 Å². The summed E-state index contributed by atoms with van der Waals surface area (Å²) in [6.45, 7) is 7.33. The number of carboxylic acids is 1. The van der Waals surface area contributed by atoms with Gasteiger partial charge in [0.15, 0.2) is 0 Å². The lowest BCUT2D eigenvalue weighted by molar-refractivity contribution is 0.0240. The third-order valence-electron chi connectivity index (χ3n) is 3.83. The average molecular weight is 399 g/mol. The Morgan fingerprint density at radius 3 is 2.22 bits per heavy atom. The summed E-state index contributed by atoms with van der Waals surface area (Å²) in [5.74, 6) is -1.23. The molecule has 0 spiro atoms. The number of carbonyl (C=O) groups excluding carboxylic acids is 1. The largest absolute Gasteiger partial charge is 0.478 e. The van der Waals surface area contributed by atoms with E-state index in [9.17, 15) is 23.1 Å². The molecule has 0 saturated carbocycles. The number of hydrogen-bond acceptors (Lipinski definition) is 6. The van der Waals surface area contributed by atoms with Gasteiger partial charge in [0.2, 0.25) is 10.0 Å². The smallest absolute Gasteiger partial charge is 0.410 e. The number of piperazine rings is 1. The van der Waals surface area contributed by atoms with Crippen LogP contribution >= 0.6 is 0 Å². The first kappa shape index (κ1) is 20.8. The van der Waals surface area contributed by atoms with Gasteiger partial charge in [0.25, 0.3) is 0 Å². The number of nitrogens with zero attached hydrogens (tertiary/aromatic N) is 2. The minimum atomic E-state index is -3.59. The lowest BCUT2D eigenvalue weighted by Crippen LogP contribution is -2.50. The Hall–Kier alpha value is -2.49. The monoisotopic (exact) mass is 399 g/mol. The summed E-state index contributed by atoms with van der Waals surface area (Å²) in [5.41, 5.74) is -0.0310. The molecule has 0 bridgehead atoms. The standard InChI is InChI=1S/C17H25N3O6S/c1-17(2,3)26-16(23)20-9-7-19(8-10-20)12-5-6-14(18-27(4,24)25)13(11-12)15(21)22/h5-6,11,18H,7-10H2,1-4H3,(H,21,22). The molecule has 1 heterocycles. The van der Waals surface area contributed by atoms with Gasteiger partial charge in [-0.05, 0) is 39.0 Å². The summed E-state index contributed by atoms with van der Waals surface area (Å²) in [6, 6.07) is 4.52. The fourth-order valence-electron chi connectivity index (χ4n) is 2.67. The molecule has 2 rings (SSSR count). The van der Waals surface area contributed by atoms with E-state index in [0.29, 0.717) is 31.9 Å². The number of hydrogen-bond donors (Lipinski definition) is 2. The number of carboxylic acid groups (broad SMARTS) is 1. The van der Waals surface area contributed by atoms with Gasteiger partial charge >= 0.3 is 12.1 Å². The Kier molecular flexibility index (Phi) is 5.88. The fourth-order valence-corrected chi connectivity index (χ4v) is 3.25. The van der Waals surface area contributed by atoms with Crippen LogP contribution in [0.5, 0.6) is 0 Å². The molecule has 0 atom stereocenters. The van der Waals surface area contributed by atoms with Crippen LogP contribution < -0.4 is 9.62 Å². The molecule has 0 aliphatic carbocycles. The fraction of sp³-hybridized carbons (Fsp3) is 0.529. The highest BCUT2D eigenvalue weighted by atomic mass is 32.2. The molecule has 0 radical (unpaired) electrons. The highest BCUT2D eigenvalue weighted by molar-refractivity contribution is 7.92. The van der Waals surface area contributed by atoms with E-state index in [-0.39, 0.29) is 17.3 Å². The second kappa shape index (κ2) is 7.63. The van der Waals surface area contributed by atoms with Gasteiger partial charge in [0.1, 0.15) is 5.60 Å². The van der Waals surface area contributed by atoms with Crippen LogP contribution in [-0.2, 0) is 14.8 Å². The Morgan fingerprint density at radius 2 is 1.74 bits per heavy atom. The zero-order valence-corrected chi connectivity index (χ0v) is 16.7. The van der Waals surface area contributed by atoms with Crippen molar-refractivity contribution in [2.24, 2.45) is 0 Å². The molecule has 1 aliphatic heterocycles. The van der Waals surface area contributed by atoms with Gasteiger partial charge in [0, 0.05) is 31.9 Å². The topological polar surface area (TPSA) is 116 Å². The van der Waals surface area contributed by atoms with E-state index >= 15 is 0 Å². The molecule has 0 aromatic heterocycles. The van der Waals surface area contributed by atoms with Crippen LogP contribution in [0.3, 0.4) is 0 Å². The molecule has 27 heavy (non-hydrogen) atoms. The van der Waals surface area contributed by atoms with Crippen molar-refractivity contribution in [2.45, 2.75) is 26.4 Å². The Morgan fingerprint density at radius 1 is 1.15 bits per heavy atom.